The highest BCUT2D eigenvalue weighted by molar-refractivity contribution is 7.89. The molecule has 0 saturated heterocycles. The van der Waals surface area contributed by atoms with Crippen LogP contribution < -0.4 is 0 Å². The van der Waals surface area contributed by atoms with E-state index in [2.05, 4.69) is 0 Å². The Morgan fingerprint density at radius 1 is 1.20 bits per heavy atom. The Kier molecular flexibility index (Phi) is 2.97. The third-order valence-corrected chi connectivity index (χ3v) is 3.30. The molecule has 1 N–H and O–H groups in total. The summed E-state index contributed by atoms with van der Waals surface area (Å²) in [6.07, 6.45) is -4.94. The molecule has 86 valence electrons. The predicted octanol–water partition coefficient (Wildman–Crippen LogP) is 2.08. The van der Waals surface area contributed by atoms with E-state index in [4.69, 9.17) is 4.55 Å². The van der Waals surface area contributed by atoms with Crippen molar-refractivity contribution in [3.05, 3.63) is 21.9 Å². The number of allylic oxidation sites excluding steroid dienone is 4. The molecule has 0 spiro atoms. The number of rotatable bonds is 1. The zero-order valence-corrected chi connectivity index (χ0v) is 8.78. The molecule has 1 aliphatic carbocycles. The molecule has 3 nitrogen and oxygen atoms in total. The first-order valence-corrected chi connectivity index (χ1v) is 5.45. The van der Waals surface area contributed by atoms with Crippen LogP contribution in [0.3, 0.4) is 0 Å². The summed E-state index contributed by atoms with van der Waals surface area (Å²) in [6, 6.07) is 0. The summed E-state index contributed by atoms with van der Waals surface area (Å²) in [6.45, 7) is 2.28. The Hall–Kier alpha value is -0.820. The predicted molar refractivity (Wildman–Crippen MR) is 47.8 cm³/mol. The molecule has 1 aliphatic rings. The molecule has 0 fully saturated rings. The standard InChI is InChI=1S/C8H9F3O3S/c1-3-4(2)6(10)8(15(12,13)14)7(11)5(3)9/h5,7H,1-2H3,(H,12,13,14). The van der Waals surface area contributed by atoms with Gasteiger partial charge in [-0.2, -0.15) is 8.42 Å². The summed E-state index contributed by atoms with van der Waals surface area (Å²) in [5.74, 6) is -1.42. The molecule has 2 atom stereocenters. The molecule has 0 bridgehead atoms. The van der Waals surface area contributed by atoms with Gasteiger partial charge < -0.3 is 0 Å². The number of halogens is 3. The molecular formula is C8H9F3O3S. The van der Waals surface area contributed by atoms with E-state index in [-0.39, 0.29) is 11.1 Å². The number of hydrogen-bond acceptors (Lipinski definition) is 2. The van der Waals surface area contributed by atoms with Crippen LogP contribution in [-0.4, -0.2) is 25.3 Å². The molecule has 15 heavy (non-hydrogen) atoms. The van der Waals surface area contributed by atoms with Gasteiger partial charge in [0.25, 0.3) is 10.1 Å². The van der Waals surface area contributed by atoms with Crippen LogP contribution in [-0.2, 0) is 10.1 Å². The zero-order valence-electron chi connectivity index (χ0n) is 7.96. The lowest BCUT2D eigenvalue weighted by atomic mass is 9.96. The smallest absolute Gasteiger partial charge is 0.282 e. The summed E-state index contributed by atoms with van der Waals surface area (Å²) in [7, 11) is -5.06. The van der Waals surface area contributed by atoms with E-state index in [0.29, 0.717) is 0 Å². The molecule has 0 saturated carbocycles. The van der Waals surface area contributed by atoms with Gasteiger partial charge in [0.05, 0.1) is 0 Å². The average Bonchev–Trinajstić information content (AvgIpc) is 2.09. The molecule has 0 heterocycles. The molecule has 0 aromatic carbocycles. The molecule has 0 aromatic rings. The maximum atomic E-state index is 13.3. The van der Waals surface area contributed by atoms with Gasteiger partial charge in [0.15, 0.2) is 12.3 Å². The molecule has 2 unspecified atom stereocenters. The minimum Gasteiger partial charge on any atom is -0.282 e. The van der Waals surface area contributed by atoms with Gasteiger partial charge in [-0.1, -0.05) is 0 Å². The first-order valence-electron chi connectivity index (χ1n) is 4.01. The maximum Gasteiger partial charge on any atom is 0.296 e. The van der Waals surface area contributed by atoms with E-state index in [0.717, 1.165) is 13.8 Å². The Morgan fingerprint density at radius 2 is 1.67 bits per heavy atom. The van der Waals surface area contributed by atoms with Gasteiger partial charge >= 0.3 is 0 Å². The molecule has 0 radical (unpaired) electrons. The normalized spacial score (nSPS) is 28.7. The van der Waals surface area contributed by atoms with Gasteiger partial charge in [0.2, 0.25) is 0 Å². The fraction of sp³-hybridized carbons (Fsp3) is 0.500. The third kappa shape index (κ3) is 1.93. The van der Waals surface area contributed by atoms with Crippen LogP contribution in [0.4, 0.5) is 13.2 Å². The third-order valence-electron chi connectivity index (χ3n) is 2.34. The molecule has 0 aromatic heterocycles. The molecular weight excluding hydrogens is 233 g/mol. The second kappa shape index (κ2) is 3.64. The molecule has 1 rings (SSSR count). The fourth-order valence-corrected chi connectivity index (χ4v) is 2.08. The van der Waals surface area contributed by atoms with Crippen LogP contribution in [0.2, 0.25) is 0 Å². The van der Waals surface area contributed by atoms with Gasteiger partial charge in [-0.3, -0.25) is 4.55 Å². The van der Waals surface area contributed by atoms with Crippen molar-refractivity contribution < 1.29 is 26.1 Å². The minimum absolute atomic E-state index is 0.215. The molecule has 0 aliphatic heterocycles. The largest absolute Gasteiger partial charge is 0.296 e. The Labute approximate surface area is 85.0 Å². The maximum absolute atomic E-state index is 13.3. The van der Waals surface area contributed by atoms with Crippen LogP contribution >= 0.6 is 0 Å². The van der Waals surface area contributed by atoms with Crippen molar-refractivity contribution in [1.29, 1.82) is 0 Å². The number of hydrogen-bond donors (Lipinski definition) is 1. The van der Waals surface area contributed by atoms with Crippen LogP contribution in [0.5, 0.6) is 0 Å². The van der Waals surface area contributed by atoms with Crippen molar-refractivity contribution in [3.63, 3.8) is 0 Å². The highest BCUT2D eigenvalue weighted by atomic mass is 32.2. The van der Waals surface area contributed by atoms with E-state index < -0.39 is 33.2 Å². The van der Waals surface area contributed by atoms with E-state index in [9.17, 15) is 21.6 Å². The quantitative estimate of drug-likeness (QED) is 0.716. The van der Waals surface area contributed by atoms with E-state index >= 15 is 0 Å². The summed E-state index contributed by atoms with van der Waals surface area (Å²) in [4.78, 5) is -1.53. The highest BCUT2D eigenvalue weighted by Gasteiger charge is 2.41. The minimum atomic E-state index is -5.06. The summed E-state index contributed by atoms with van der Waals surface area (Å²) < 4.78 is 69.4. The van der Waals surface area contributed by atoms with Crippen molar-refractivity contribution in [2.75, 3.05) is 0 Å². The van der Waals surface area contributed by atoms with E-state index in [1.165, 1.54) is 0 Å². The van der Waals surface area contributed by atoms with Gasteiger partial charge in [0, 0.05) is 0 Å². The second-order valence-corrected chi connectivity index (χ2v) is 4.65. The van der Waals surface area contributed by atoms with Crippen LogP contribution in [0.25, 0.3) is 0 Å². The summed E-state index contributed by atoms with van der Waals surface area (Å²) >= 11 is 0. The van der Waals surface area contributed by atoms with Crippen LogP contribution in [0, 0.1) is 0 Å². The van der Waals surface area contributed by atoms with E-state index in [1.807, 2.05) is 0 Å². The van der Waals surface area contributed by atoms with Crippen molar-refractivity contribution in [3.8, 4) is 0 Å². The molecule has 7 heteroatoms. The van der Waals surface area contributed by atoms with Crippen molar-refractivity contribution >= 4 is 10.1 Å². The first kappa shape index (κ1) is 12.3. The summed E-state index contributed by atoms with van der Waals surface area (Å²) in [5.41, 5.74) is -0.517. The van der Waals surface area contributed by atoms with Crippen LogP contribution in [0.15, 0.2) is 21.9 Å². The monoisotopic (exact) mass is 242 g/mol. The average molecular weight is 242 g/mol. The first-order chi connectivity index (χ1) is 6.68. The van der Waals surface area contributed by atoms with Gasteiger partial charge in [0.1, 0.15) is 10.7 Å². The SMILES string of the molecule is CC1=C(C)C(F)C(F)C(S(=O)(=O)O)=C1F. The van der Waals surface area contributed by atoms with Crippen molar-refractivity contribution in [2.24, 2.45) is 0 Å². The van der Waals surface area contributed by atoms with Gasteiger partial charge in [-0.15, -0.1) is 0 Å². The highest BCUT2D eigenvalue weighted by Crippen LogP contribution is 2.36. The van der Waals surface area contributed by atoms with E-state index in [1.54, 1.807) is 0 Å². The van der Waals surface area contributed by atoms with Gasteiger partial charge in [-0.25, -0.2) is 13.2 Å². The van der Waals surface area contributed by atoms with Gasteiger partial charge in [-0.05, 0) is 25.0 Å². The fourth-order valence-electron chi connectivity index (χ4n) is 1.29. The Balaban J connectivity index is 3.49. The number of alkyl halides is 2. The lowest BCUT2D eigenvalue weighted by Gasteiger charge is -2.23. The topological polar surface area (TPSA) is 54.4 Å². The Bertz CT molecular complexity index is 450. The van der Waals surface area contributed by atoms with Crippen molar-refractivity contribution in [1.82, 2.24) is 0 Å². The van der Waals surface area contributed by atoms with Crippen molar-refractivity contribution in [2.45, 2.75) is 26.2 Å². The Morgan fingerprint density at radius 3 is 2.07 bits per heavy atom. The second-order valence-electron chi connectivity index (χ2n) is 3.26. The van der Waals surface area contributed by atoms with Crippen LogP contribution in [0.1, 0.15) is 13.8 Å². The molecule has 0 amide bonds. The summed E-state index contributed by atoms with van der Waals surface area (Å²) in [5, 5.41) is 0. The lowest BCUT2D eigenvalue weighted by molar-refractivity contribution is 0.221. The zero-order chi connectivity index (χ0) is 12.0. The lowest BCUT2D eigenvalue weighted by Crippen LogP contribution is -2.30.